The highest BCUT2D eigenvalue weighted by molar-refractivity contribution is 6.21. The Kier molecular flexibility index (Phi) is 3.56. The lowest BCUT2D eigenvalue weighted by Gasteiger charge is -2.35. The minimum absolute atomic E-state index is 0.0116. The summed E-state index contributed by atoms with van der Waals surface area (Å²) < 4.78 is 4.51. The van der Waals surface area contributed by atoms with E-state index in [9.17, 15) is 9.90 Å². The van der Waals surface area contributed by atoms with E-state index >= 15 is 0 Å². The van der Waals surface area contributed by atoms with E-state index in [1.807, 2.05) is 0 Å². The molecule has 0 spiro atoms. The summed E-state index contributed by atoms with van der Waals surface area (Å²) >= 11 is 5.97. The van der Waals surface area contributed by atoms with E-state index < -0.39 is 11.6 Å². The number of esters is 1. The molecule has 13 heavy (non-hydrogen) atoms. The van der Waals surface area contributed by atoms with Gasteiger partial charge in [-0.15, -0.1) is 11.6 Å². The molecular formula is C9H15ClO3. The van der Waals surface area contributed by atoms with Gasteiger partial charge in [0.1, 0.15) is 0 Å². The quantitative estimate of drug-likeness (QED) is 0.550. The molecule has 1 fully saturated rings. The Hall–Kier alpha value is -0.280. The number of methoxy groups -OCH3 is 1. The third-order valence-corrected chi connectivity index (χ3v) is 3.20. The lowest BCUT2D eigenvalue weighted by atomic mass is 9.82. The minimum atomic E-state index is -1.05. The Morgan fingerprint density at radius 1 is 1.69 bits per heavy atom. The maximum Gasteiger partial charge on any atom is 0.308 e. The van der Waals surface area contributed by atoms with E-state index in [4.69, 9.17) is 11.6 Å². The molecule has 1 aliphatic rings. The SMILES string of the molecule is COC(=O)C[C@]1(O)CCCC[C@H]1Cl. The Bertz CT molecular complexity index is 195. The summed E-state index contributed by atoms with van der Waals surface area (Å²) in [4.78, 5) is 11.0. The highest BCUT2D eigenvalue weighted by atomic mass is 35.5. The summed E-state index contributed by atoms with van der Waals surface area (Å²) in [6.07, 6.45) is 3.33. The number of hydrogen-bond donors (Lipinski definition) is 1. The van der Waals surface area contributed by atoms with Gasteiger partial charge in [0, 0.05) is 0 Å². The second kappa shape index (κ2) is 4.29. The second-order valence-electron chi connectivity index (χ2n) is 3.57. The van der Waals surface area contributed by atoms with Crippen molar-refractivity contribution >= 4 is 17.6 Å². The molecule has 0 radical (unpaired) electrons. The van der Waals surface area contributed by atoms with Gasteiger partial charge in [0.2, 0.25) is 0 Å². The summed E-state index contributed by atoms with van der Waals surface area (Å²) in [6.45, 7) is 0. The average molecular weight is 207 g/mol. The van der Waals surface area contributed by atoms with Gasteiger partial charge in [0.05, 0.1) is 24.5 Å². The fourth-order valence-corrected chi connectivity index (χ4v) is 2.04. The Balaban J connectivity index is 2.56. The predicted octanol–water partition coefficient (Wildman–Crippen LogP) is 1.46. The molecule has 1 N–H and O–H groups in total. The molecule has 2 atom stereocenters. The molecule has 0 aliphatic heterocycles. The van der Waals surface area contributed by atoms with Crippen LogP contribution >= 0.6 is 11.6 Å². The lowest BCUT2D eigenvalue weighted by molar-refractivity contribution is -0.147. The molecule has 1 aliphatic carbocycles. The van der Waals surface area contributed by atoms with Gasteiger partial charge in [-0.2, -0.15) is 0 Å². The van der Waals surface area contributed by atoms with Crippen LogP contribution in [0.25, 0.3) is 0 Å². The molecule has 1 saturated carbocycles. The second-order valence-corrected chi connectivity index (χ2v) is 4.10. The molecule has 3 nitrogen and oxygen atoms in total. The fraction of sp³-hybridized carbons (Fsp3) is 0.889. The van der Waals surface area contributed by atoms with Crippen molar-refractivity contribution in [3.05, 3.63) is 0 Å². The van der Waals surface area contributed by atoms with Gasteiger partial charge < -0.3 is 9.84 Å². The highest BCUT2D eigenvalue weighted by Gasteiger charge is 2.39. The predicted molar refractivity (Wildman–Crippen MR) is 49.7 cm³/mol. The zero-order valence-electron chi connectivity index (χ0n) is 7.75. The number of ether oxygens (including phenoxy) is 1. The number of carbonyl (C=O) groups excluding carboxylic acids is 1. The maximum atomic E-state index is 11.0. The van der Waals surface area contributed by atoms with E-state index in [1.165, 1.54) is 7.11 Å². The molecule has 76 valence electrons. The van der Waals surface area contributed by atoms with Gasteiger partial charge in [-0.25, -0.2) is 0 Å². The van der Waals surface area contributed by atoms with Gasteiger partial charge in [-0.1, -0.05) is 12.8 Å². The molecule has 4 heteroatoms. The number of halogens is 1. The van der Waals surface area contributed by atoms with Crippen molar-refractivity contribution < 1.29 is 14.6 Å². The molecule has 0 unspecified atom stereocenters. The molecule has 0 aromatic carbocycles. The van der Waals surface area contributed by atoms with Crippen LogP contribution in [-0.2, 0) is 9.53 Å². The van der Waals surface area contributed by atoms with Gasteiger partial charge in [-0.05, 0) is 12.8 Å². The smallest absolute Gasteiger partial charge is 0.308 e. The number of aliphatic hydroxyl groups is 1. The molecule has 0 heterocycles. The van der Waals surface area contributed by atoms with E-state index in [-0.39, 0.29) is 11.8 Å². The molecule has 0 aromatic rings. The largest absolute Gasteiger partial charge is 0.469 e. The van der Waals surface area contributed by atoms with Crippen molar-refractivity contribution in [2.24, 2.45) is 0 Å². The Morgan fingerprint density at radius 2 is 2.38 bits per heavy atom. The summed E-state index contributed by atoms with van der Waals surface area (Å²) in [5.74, 6) is -0.393. The minimum Gasteiger partial charge on any atom is -0.469 e. The molecular weight excluding hydrogens is 192 g/mol. The molecule has 0 aromatic heterocycles. The summed E-state index contributed by atoms with van der Waals surface area (Å²) in [6, 6.07) is 0. The van der Waals surface area contributed by atoms with E-state index in [1.54, 1.807) is 0 Å². The topological polar surface area (TPSA) is 46.5 Å². The van der Waals surface area contributed by atoms with Crippen LogP contribution < -0.4 is 0 Å². The summed E-state index contributed by atoms with van der Waals surface area (Å²) in [7, 11) is 1.32. The first-order valence-corrected chi connectivity index (χ1v) is 4.95. The standard InChI is InChI=1S/C9H15ClO3/c1-13-8(11)6-9(12)5-3-2-4-7(9)10/h7,12H,2-6H2,1H3/t7-,9-/m1/s1. The van der Waals surface area contributed by atoms with Crippen LogP contribution in [0.3, 0.4) is 0 Å². The molecule has 1 rings (SSSR count). The third-order valence-electron chi connectivity index (χ3n) is 2.58. The summed E-state index contributed by atoms with van der Waals surface area (Å²) in [5.41, 5.74) is -1.05. The number of hydrogen-bond acceptors (Lipinski definition) is 3. The van der Waals surface area contributed by atoms with Gasteiger partial charge >= 0.3 is 5.97 Å². The number of carbonyl (C=O) groups is 1. The van der Waals surface area contributed by atoms with Crippen molar-refractivity contribution in [2.45, 2.75) is 43.1 Å². The number of rotatable bonds is 2. The first kappa shape index (κ1) is 10.8. The maximum absolute atomic E-state index is 11.0. The van der Waals surface area contributed by atoms with Crippen molar-refractivity contribution in [3.63, 3.8) is 0 Å². The van der Waals surface area contributed by atoms with Crippen molar-refractivity contribution in [2.75, 3.05) is 7.11 Å². The first-order valence-electron chi connectivity index (χ1n) is 4.52. The third kappa shape index (κ3) is 2.58. The summed E-state index contributed by atoms with van der Waals surface area (Å²) in [5, 5.41) is 9.69. The molecule has 0 saturated heterocycles. The Morgan fingerprint density at radius 3 is 2.92 bits per heavy atom. The van der Waals surface area contributed by atoms with Crippen LogP contribution in [0.15, 0.2) is 0 Å². The van der Waals surface area contributed by atoms with Crippen molar-refractivity contribution in [3.8, 4) is 0 Å². The zero-order valence-corrected chi connectivity index (χ0v) is 8.51. The van der Waals surface area contributed by atoms with Crippen LogP contribution in [-0.4, -0.2) is 29.2 Å². The first-order chi connectivity index (χ1) is 6.08. The van der Waals surface area contributed by atoms with Crippen LogP contribution in [0, 0.1) is 0 Å². The van der Waals surface area contributed by atoms with Crippen molar-refractivity contribution in [1.29, 1.82) is 0 Å². The highest BCUT2D eigenvalue weighted by Crippen LogP contribution is 2.35. The monoisotopic (exact) mass is 206 g/mol. The Labute approximate surface area is 83.0 Å². The molecule has 0 bridgehead atoms. The molecule has 0 amide bonds. The normalized spacial score (nSPS) is 34.2. The van der Waals surface area contributed by atoms with E-state index in [2.05, 4.69) is 4.74 Å². The van der Waals surface area contributed by atoms with Crippen molar-refractivity contribution in [1.82, 2.24) is 0 Å². The lowest BCUT2D eigenvalue weighted by Crippen LogP contribution is -2.43. The number of alkyl halides is 1. The van der Waals surface area contributed by atoms with Crippen LogP contribution in [0.4, 0.5) is 0 Å². The van der Waals surface area contributed by atoms with Gasteiger partial charge in [0.15, 0.2) is 0 Å². The van der Waals surface area contributed by atoms with E-state index in [0.29, 0.717) is 6.42 Å². The van der Waals surface area contributed by atoms with Gasteiger partial charge in [-0.3, -0.25) is 4.79 Å². The van der Waals surface area contributed by atoms with Crippen LogP contribution in [0.5, 0.6) is 0 Å². The van der Waals surface area contributed by atoms with Crippen LogP contribution in [0.2, 0.25) is 0 Å². The zero-order chi connectivity index (χ0) is 9.90. The van der Waals surface area contributed by atoms with Crippen LogP contribution in [0.1, 0.15) is 32.1 Å². The average Bonchev–Trinajstić information content (AvgIpc) is 2.10. The fourth-order valence-electron chi connectivity index (χ4n) is 1.70. The van der Waals surface area contributed by atoms with E-state index in [0.717, 1.165) is 19.3 Å². The van der Waals surface area contributed by atoms with Gasteiger partial charge in [0.25, 0.3) is 0 Å².